The van der Waals surface area contributed by atoms with Crippen molar-refractivity contribution in [3.05, 3.63) is 53.1 Å². The first-order valence-electron chi connectivity index (χ1n) is 7.36. The lowest BCUT2D eigenvalue weighted by Crippen LogP contribution is -2.06. The summed E-state index contributed by atoms with van der Waals surface area (Å²) >= 11 is 0. The van der Waals surface area contributed by atoms with Crippen LogP contribution in [0.3, 0.4) is 0 Å². The molecule has 1 atom stereocenters. The summed E-state index contributed by atoms with van der Waals surface area (Å²) in [6.07, 6.45) is 2.06. The Morgan fingerprint density at radius 1 is 1.10 bits per heavy atom. The zero-order chi connectivity index (χ0) is 14.8. The van der Waals surface area contributed by atoms with E-state index in [4.69, 9.17) is 9.47 Å². The van der Waals surface area contributed by atoms with Gasteiger partial charge in [0.1, 0.15) is 0 Å². The summed E-state index contributed by atoms with van der Waals surface area (Å²) in [6, 6.07) is 13.0. The van der Waals surface area contributed by atoms with Crippen LogP contribution in [0, 0.1) is 0 Å². The third kappa shape index (κ3) is 2.44. The van der Waals surface area contributed by atoms with E-state index in [0.29, 0.717) is 6.04 Å². The SMILES string of the molecule is CCc1cccc2c1NC(c1ccc(OC)c(OC)c1)C2. The number of aryl methyl sites for hydroxylation is 1. The van der Waals surface area contributed by atoms with Gasteiger partial charge in [-0.15, -0.1) is 0 Å². The molecule has 2 aromatic carbocycles. The molecule has 0 aliphatic carbocycles. The second kappa shape index (κ2) is 5.68. The van der Waals surface area contributed by atoms with Gasteiger partial charge in [0.05, 0.1) is 20.3 Å². The minimum atomic E-state index is 0.299. The van der Waals surface area contributed by atoms with E-state index in [-0.39, 0.29) is 0 Å². The van der Waals surface area contributed by atoms with Crippen molar-refractivity contribution in [3.63, 3.8) is 0 Å². The Morgan fingerprint density at radius 2 is 1.90 bits per heavy atom. The van der Waals surface area contributed by atoms with Crippen LogP contribution in [-0.2, 0) is 12.8 Å². The molecular formula is C18H21NO2. The molecule has 1 heterocycles. The highest BCUT2D eigenvalue weighted by Crippen LogP contribution is 2.39. The summed E-state index contributed by atoms with van der Waals surface area (Å²) in [5.74, 6) is 1.55. The second-order valence-corrected chi connectivity index (χ2v) is 5.32. The fraction of sp³-hybridized carbons (Fsp3) is 0.333. The lowest BCUT2D eigenvalue weighted by Gasteiger charge is -2.15. The van der Waals surface area contributed by atoms with Crippen molar-refractivity contribution in [2.75, 3.05) is 19.5 Å². The van der Waals surface area contributed by atoms with Gasteiger partial charge in [-0.2, -0.15) is 0 Å². The number of ether oxygens (including phenoxy) is 2. The number of nitrogens with one attached hydrogen (secondary N) is 1. The Kier molecular flexibility index (Phi) is 3.74. The Morgan fingerprint density at radius 3 is 2.62 bits per heavy atom. The molecule has 3 heteroatoms. The molecule has 2 aromatic rings. The van der Waals surface area contributed by atoms with Crippen molar-refractivity contribution < 1.29 is 9.47 Å². The van der Waals surface area contributed by atoms with Crippen molar-refractivity contribution in [2.45, 2.75) is 25.8 Å². The highest BCUT2D eigenvalue weighted by molar-refractivity contribution is 5.63. The van der Waals surface area contributed by atoms with E-state index in [1.165, 1.54) is 22.4 Å². The summed E-state index contributed by atoms with van der Waals surface area (Å²) in [5.41, 5.74) is 5.32. The van der Waals surface area contributed by atoms with E-state index in [2.05, 4.69) is 42.6 Å². The molecule has 0 amide bonds. The van der Waals surface area contributed by atoms with E-state index in [0.717, 1.165) is 24.3 Å². The van der Waals surface area contributed by atoms with Crippen molar-refractivity contribution in [3.8, 4) is 11.5 Å². The molecule has 21 heavy (non-hydrogen) atoms. The molecule has 0 radical (unpaired) electrons. The van der Waals surface area contributed by atoms with Gasteiger partial charge in [0.25, 0.3) is 0 Å². The number of hydrogen-bond donors (Lipinski definition) is 1. The highest BCUT2D eigenvalue weighted by atomic mass is 16.5. The Labute approximate surface area is 125 Å². The van der Waals surface area contributed by atoms with E-state index >= 15 is 0 Å². The third-order valence-corrected chi connectivity index (χ3v) is 4.17. The number of anilines is 1. The van der Waals surface area contributed by atoms with Gasteiger partial charge in [0, 0.05) is 5.69 Å². The first-order valence-corrected chi connectivity index (χ1v) is 7.36. The molecule has 0 spiro atoms. The lowest BCUT2D eigenvalue weighted by molar-refractivity contribution is 0.354. The van der Waals surface area contributed by atoms with Crippen LogP contribution in [0.15, 0.2) is 36.4 Å². The average molecular weight is 283 g/mol. The number of rotatable bonds is 4. The summed E-state index contributed by atoms with van der Waals surface area (Å²) in [5, 5.41) is 3.66. The average Bonchev–Trinajstić information content (AvgIpc) is 2.98. The van der Waals surface area contributed by atoms with Crippen molar-refractivity contribution in [2.24, 2.45) is 0 Å². The molecule has 1 aliphatic heterocycles. The standard InChI is InChI=1S/C18H21NO2/c1-4-12-6-5-7-14-10-15(19-18(12)14)13-8-9-16(20-2)17(11-13)21-3/h5-9,11,15,19H,4,10H2,1-3H3. The van der Waals surface area contributed by atoms with E-state index in [9.17, 15) is 0 Å². The normalized spacial score (nSPS) is 16.2. The summed E-state index contributed by atoms with van der Waals surface area (Å²) in [7, 11) is 3.34. The zero-order valence-electron chi connectivity index (χ0n) is 12.8. The Balaban J connectivity index is 1.91. The molecular weight excluding hydrogens is 262 g/mol. The van der Waals surface area contributed by atoms with Crippen molar-refractivity contribution in [1.29, 1.82) is 0 Å². The van der Waals surface area contributed by atoms with E-state index in [1.54, 1.807) is 14.2 Å². The summed E-state index contributed by atoms with van der Waals surface area (Å²) < 4.78 is 10.7. The first-order chi connectivity index (χ1) is 10.3. The maximum atomic E-state index is 5.41. The van der Waals surface area contributed by atoms with Crippen LogP contribution < -0.4 is 14.8 Å². The van der Waals surface area contributed by atoms with Crippen LogP contribution in [0.25, 0.3) is 0 Å². The maximum absolute atomic E-state index is 5.41. The highest BCUT2D eigenvalue weighted by Gasteiger charge is 2.24. The lowest BCUT2D eigenvalue weighted by atomic mass is 10.0. The summed E-state index contributed by atoms with van der Waals surface area (Å²) in [6.45, 7) is 2.20. The van der Waals surface area contributed by atoms with Crippen molar-refractivity contribution in [1.82, 2.24) is 0 Å². The fourth-order valence-corrected chi connectivity index (χ4v) is 3.02. The quantitative estimate of drug-likeness (QED) is 0.920. The van der Waals surface area contributed by atoms with Crippen LogP contribution in [0.5, 0.6) is 11.5 Å². The van der Waals surface area contributed by atoms with E-state index in [1.807, 2.05) is 6.07 Å². The molecule has 110 valence electrons. The van der Waals surface area contributed by atoms with Gasteiger partial charge in [-0.25, -0.2) is 0 Å². The molecule has 1 N–H and O–H groups in total. The van der Waals surface area contributed by atoms with Crippen LogP contribution in [-0.4, -0.2) is 14.2 Å². The topological polar surface area (TPSA) is 30.5 Å². The zero-order valence-corrected chi connectivity index (χ0v) is 12.8. The van der Waals surface area contributed by atoms with Crippen LogP contribution in [0.1, 0.15) is 29.7 Å². The monoisotopic (exact) mass is 283 g/mol. The Hall–Kier alpha value is -2.16. The minimum absolute atomic E-state index is 0.299. The predicted molar refractivity (Wildman–Crippen MR) is 85.4 cm³/mol. The van der Waals surface area contributed by atoms with Gasteiger partial charge in [-0.1, -0.05) is 31.2 Å². The van der Waals surface area contributed by atoms with Gasteiger partial charge in [-0.05, 0) is 41.7 Å². The van der Waals surface area contributed by atoms with Crippen LogP contribution in [0.4, 0.5) is 5.69 Å². The molecule has 0 saturated heterocycles. The second-order valence-electron chi connectivity index (χ2n) is 5.32. The molecule has 3 nitrogen and oxygen atoms in total. The number of para-hydroxylation sites is 1. The fourth-order valence-electron chi connectivity index (χ4n) is 3.02. The third-order valence-electron chi connectivity index (χ3n) is 4.17. The van der Waals surface area contributed by atoms with Gasteiger partial charge in [0.2, 0.25) is 0 Å². The van der Waals surface area contributed by atoms with Crippen LogP contribution in [0.2, 0.25) is 0 Å². The predicted octanol–water partition coefficient (Wildman–Crippen LogP) is 3.98. The summed E-state index contributed by atoms with van der Waals surface area (Å²) in [4.78, 5) is 0. The molecule has 0 bridgehead atoms. The van der Waals surface area contributed by atoms with Crippen LogP contribution >= 0.6 is 0 Å². The smallest absolute Gasteiger partial charge is 0.161 e. The first kappa shape index (κ1) is 13.8. The largest absolute Gasteiger partial charge is 0.493 e. The maximum Gasteiger partial charge on any atom is 0.161 e. The van der Waals surface area contributed by atoms with E-state index < -0.39 is 0 Å². The van der Waals surface area contributed by atoms with Crippen molar-refractivity contribution >= 4 is 5.69 Å². The van der Waals surface area contributed by atoms with Gasteiger partial charge < -0.3 is 14.8 Å². The number of hydrogen-bond acceptors (Lipinski definition) is 3. The molecule has 0 aromatic heterocycles. The number of fused-ring (bicyclic) bond motifs is 1. The molecule has 0 fully saturated rings. The Bertz CT molecular complexity index is 652. The molecule has 1 unspecified atom stereocenters. The molecule has 3 rings (SSSR count). The van der Waals surface area contributed by atoms with Gasteiger partial charge >= 0.3 is 0 Å². The molecule has 1 aliphatic rings. The van der Waals surface area contributed by atoms with Gasteiger partial charge in [-0.3, -0.25) is 0 Å². The van der Waals surface area contributed by atoms with Gasteiger partial charge in [0.15, 0.2) is 11.5 Å². The number of benzene rings is 2. The molecule has 0 saturated carbocycles. The number of methoxy groups -OCH3 is 2. The minimum Gasteiger partial charge on any atom is -0.493 e.